The summed E-state index contributed by atoms with van der Waals surface area (Å²) in [5.41, 5.74) is 6.55. The van der Waals surface area contributed by atoms with Crippen molar-refractivity contribution in [1.82, 2.24) is 0 Å². The Morgan fingerprint density at radius 1 is 1.41 bits per heavy atom. The van der Waals surface area contributed by atoms with Crippen molar-refractivity contribution < 1.29 is 22.5 Å². The summed E-state index contributed by atoms with van der Waals surface area (Å²) in [6.07, 6.45) is 0. The number of esters is 1. The van der Waals surface area contributed by atoms with Gasteiger partial charge < -0.3 is 17.7 Å². The third kappa shape index (κ3) is 3.15. The van der Waals surface area contributed by atoms with Gasteiger partial charge in [-0.2, -0.15) is 0 Å². The van der Waals surface area contributed by atoms with E-state index < -0.39 is 18.4 Å². The number of benzene rings is 1. The van der Waals surface area contributed by atoms with Gasteiger partial charge in [-0.05, 0) is 11.6 Å². The molecule has 0 saturated heterocycles. The second kappa shape index (κ2) is 4.79. The van der Waals surface area contributed by atoms with Crippen LogP contribution in [0.1, 0.15) is 10.4 Å². The minimum absolute atomic E-state index is 0.287. The highest BCUT2D eigenvalue weighted by Crippen LogP contribution is 2.18. The van der Waals surface area contributed by atoms with Crippen LogP contribution in [0.5, 0.6) is 0 Å². The molecule has 0 bridgehead atoms. The van der Waals surface area contributed by atoms with Crippen LogP contribution in [0, 0.1) is 0 Å². The lowest BCUT2D eigenvalue weighted by atomic mass is 9.79. The molecule has 0 aliphatic rings. The number of carbonyl (C=O) groups excluding carboxylic acids is 1. The number of nitrogens with zero attached hydrogens (tertiary/aromatic N) is 3. The van der Waals surface area contributed by atoms with Crippen LogP contribution in [0.15, 0.2) is 23.3 Å². The van der Waals surface area contributed by atoms with E-state index in [4.69, 9.17) is 5.53 Å². The average Bonchev–Trinajstić information content (AvgIpc) is 2.27. The normalized spacial score (nSPS) is 10.6. The number of halogens is 3. The summed E-state index contributed by atoms with van der Waals surface area (Å²) in [4.78, 5) is 13.5. The van der Waals surface area contributed by atoms with Crippen LogP contribution in [0.25, 0.3) is 10.4 Å². The van der Waals surface area contributed by atoms with Crippen molar-refractivity contribution in [2.24, 2.45) is 5.11 Å². The smallest absolute Gasteiger partial charge is 0.465 e. The highest BCUT2D eigenvalue weighted by Gasteiger charge is 2.27. The van der Waals surface area contributed by atoms with Gasteiger partial charge in [0.1, 0.15) is 0 Å². The van der Waals surface area contributed by atoms with E-state index >= 15 is 0 Å². The standard InChI is InChI=1S/C8H6BF3N3O2/c1-17-8(16)5-2-6(9(10,11)12)4-7(3-5)14-15-13/h2-4H,1H3/q-1. The van der Waals surface area contributed by atoms with Gasteiger partial charge in [-0.3, -0.25) is 0 Å². The van der Waals surface area contributed by atoms with Gasteiger partial charge in [0.15, 0.2) is 0 Å². The molecule has 0 aliphatic carbocycles. The van der Waals surface area contributed by atoms with Crippen molar-refractivity contribution in [3.63, 3.8) is 0 Å². The molecule has 0 atom stereocenters. The van der Waals surface area contributed by atoms with E-state index in [1.165, 1.54) is 0 Å². The van der Waals surface area contributed by atoms with Gasteiger partial charge in [-0.15, -0.1) is 5.46 Å². The first-order valence-corrected chi connectivity index (χ1v) is 4.37. The molecule has 9 heteroatoms. The zero-order valence-electron chi connectivity index (χ0n) is 8.60. The Balaban J connectivity index is 3.38. The van der Waals surface area contributed by atoms with Crippen LogP contribution in [-0.4, -0.2) is 20.1 Å². The van der Waals surface area contributed by atoms with Crippen molar-refractivity contribution in [3.8, 4) is 0 Å². The lowest BCUT2D eigenvalue weighted by Gasteiger charge is -2.16. The zero-order chi connectivity index (χ0) is 13.1. The first kappa shape index (κ1) is 12.9. The first-order chi connectivity index (χ1) is 7.88. The number of carbonyl (C=O) groups is 1. The molecule has 0 radical (unpaired) electrons. The fraction of sp³-hybridized carbons (Fsp3) is 0.125. The number of azide groups is 1. The maximum absolute atomic E-state index is 12.5. The molecule has 17 heavy (non-hydrogen) atoms. The fourth-order valence-electron chi connectivity index (χ4n) is 1.17. The number of methoxy groups -OCH3 is 1. The third-order valence-electron chi connectivity index (χ3n) is 1.90. The molecule has 0 N–H and O–H groups in total. The number of ether oxygens (including phenoxy) is 1. The summed E-state index contributed by atoms with van der Waals surface area (Å²) in [5.74, 6) is -0.929. The summed E-state index contributed by atoms with van der Waals surface area (Å²) in [6.45, 7) is -5.28. The van der Waals surface area contributed by atoms with Gasteiger partial charge in [0.2, 0.25) is 0 Å². The Hall–Kier alpha value is -2.15. The summed E-state index contributed by atoms with van der Waals surface area (Å²) in [5, 5.41) is 3.04. The van der Waals surface area contributed by atoms with Gasteiger partial charge in [0.05, 0.1) is 12.7 Å². The summed E-state index contributed by atoms with van der Waals surface area (Å²) >= 11 is 0. The largest absolute Gasteiger partial charge is 0.509 e. The minimum Gasteiger partial charge on any atom is -0.465 e. The van der Waals surface area contributed by atoms with Crippen molar-refractivity contribution in [3.05, 3.63) is 34.2 Å². The van der Waals surface area contributed by atoms with E-state index in [-0.39, 0.29) is 11.3 Å². The van der Waals surface area contributed by atoms with Crippen molar-refractivity contribution >= 4 is 24.1 Å². The fourth-order valence-corrected chi connectivity index (χ4v) is 1.17. The Morgan fingerprint density at radius 3 is 2.53 bits per heavy atom. The average molecular weight is 244 g/mol. The number of hydrogen-bond donors (Lipinski definition) is 0. The zero-order valence-corrected chi connectivity index (χ0v) is 8.60. The third-order valence-corrected chi connectivity index (χ3v) is 1.90. The minimum atomic E-state index is -5.28. The van der Waals surface area contributed by atoms with Crippen molar-refractivity contribution in [1.29, 1.82) is 0 Å². The quantitative estimate of drug-likeness (QED) is 0.269. The molecule has 0 spiro atoms. The molecule has 0 heterocycles. The highest BCUT2D eigenvalue weighted by molar-refractivity contribution is 6.73. The Morgan fingerprint density at radius 2 is 2.06 bits per heavy atom. The Labute approximate surface area is 93.9 Å². The van der Waals surface area contributed by atoms with Gasteiger partial charge >= 0.3 is 12.9 Å². The van der Waals surface area contributed by atoms with Crippen molar-refractivity contribution in [2.45, 2.75) is 0 Å². The Bertz CT molecular complexity index is 497. The predicted molar refractivity (Wildman–Crippen MR) is 55.3 cm³/mol. The molecule has 0 amide bonds. The predicted octanol–water partition coefficient (Wildman–Crippen LogP) is 2.47. The molecule has 0 unspecified atom stereocenters. The van der Waals surface area contributed by atoms with E-state index in [0.29, 0.717) is 12.1 Å². The van der Waals surface area contributed by atoms with Crippen LogP contribution in [0.2, 0.25) is 0 Å². The summed E-state index contributed by atoms with van der Waals surface area (Å²) in [6, 6.07) is 2.35. The molecule has 0 aromatic heterocycles. The van der Waals surface area contributed by atoms with E-state index in [2.05, 4.69) is 14.8 Å². The van der Waals surface area contributed by atoms with E-state index in [9.17, 15) is 17.7 Å². The molecule has 0 saturated carbocycles. The second-order valence-corrected chi connectivity index (χ2v) is 3.07. The SMILES string of the molecule is COC(=O)c1cc(N=[N+]=[N-])cc([B-](F)(F)F)c1. The lowest BCUT2D eigenvalue weighted by Crippen LogP contribution is -2.34. The van der Waals surface area contributed by atoms with E-state index in [0.717, 1.165) is 13.2 Å². The lowest BCUT2D eigenvalue weighted by molar-refractivity contribution is 0.0601. The van der Waals surface area contributed by atoms with Crippen LogP contribution in [0.3, 0.4) is 0 Å². The maximum Gasteiger partial charge on any atom is 0.509 e. The topological polar surface area (TPSA) is 75.1 Å². The molecule has 1 aromatic carbocycles. The van der Waals surface area contributed by atoms with Gasteiger partial charge in [-0.1, -0.05) is 17.2 Å². The molecular weight excluding hydrogens is 238 g/mol. The van der Waals surface area contributed by atoms with Crippen LogP contribution in [0.4, 0.5) is 18.6 Å². The molecule has 1 rings (SSSR count). The molecule has 5 nitrogen and oxygen atoms in total. The monoisotopic (exact) mass is 244 g/mol. The number of hydrogen-bond acceptors (Lipinski definition) is 3. The molecule has 0 fully saturated rings. The van der Waals surface area contributed by atoms with Crippen LogP contribution >= 0.6 is 0 Å². The van der Waals surface area contributed by atoms with Crippen LogP contribution < -0.4 is 5.46 Å². The molecule has 0 aliphatic heterocycles. The molecule has 90 valence electrons. The van der Waals surface area contributed by atoms with E-state index in [1.807, 2.05) is 0 Å². The van der Waals surface area contributed by atoms with Gasteiger partial charge in [0, 0.05) is 10.6 Å². The summed E-state index contributed by atoms with van der Waals surface area (Å²) < 4.78 is 41.9. The van der Waals surface area contributed by atoms with Gasteiger partial charge in [0.25, 0.3) is 0 Å². The van der Waals surface area contributed by atoms with E-state index in [1.54, 1.807) is 0 Å². The highest BCUT2D eigenvalue weighted by atomic mass is 19.4. The van der Waals surface area contributed by atoms with Crippen molar-refractivity contribution in [2.75, 3.05) is 7.11 Å². The number of rotatable bonds is 3. The Kier molecular flexibility index (Phi) is 3.64. The first-order valence-electron chi connectivity index (χ1n) is 4.37. The van der Waals surface area contributed by atoms with Crippen LogP contribution in [-0.2, 0) is 4.74 Å². The molecule has 1 aromatic rings. The maximum atomic E-state index is 12.5. The van der Waals surface area contributed by atoms with Gasteiger partial charge in [-0.25, -0.2) is 4.79 Å². The second-order valence-electron chi connectivity index (χ2n) is 3.07. The molecular formula is C8H6BF3N3O2-. The summed E-state index contributed by atoms with van der Waals surface area (Å²) in [7, 11) is 1.04.